The first kappa shape index (κ1) is 73.3. The highest BCUT2D eigenvalue weighted by Crippen LogP contribution is 2.16. The van der Waals surface area contributed by atoms with Crippen LogP contribution in [0.1, 0.15) is 316 Å². The summed E-state index contributed by atoms with van der Waals surface area (Å²) in [6.45, 7) is 6.53. The number of carbonyl (C=O) groups is 3. The number of esters is 3. The van der Waals surface area contributed by atoms with Gasteiger partial charge >= 0.3 is 17.9 Å². The molecule has 0 amide bonds. The fraction of sp³-hybridized carbons (Fsp3) is 0.732. The Hall–Kier alpha value is -3.67. The highest BCUT2D eigenvalue weighted by atomic mass is 16.6. The quantitative estimate of drug-likeness (QED) is 0.0261. The van der Waals surface area contributed by atoms with Crippen molar-refractivity contribution in [1.29, 1.82) is 0 Å². The van der Waals surface area contributed by atoms with Crippen LogP contribution in [0.25, 0.3) is 0 Å². The zero-order valence-electron chi connectivity index (χ0n) is 50.7. The van der Waals surface area contributed by atoms with E-state index in [1.165, 1.54) is 161 Å². The van der Waals surface area contributed by atoms with Crippen LogP contribution in [0, 0.1) is 0 Å². The Morgan fingerprint density at radius 3 is 0.805 bits per heavy atom. The largest absolute Gasteiger partial charge is 0.462 e. The first-order valence-corrected chi connectivity index (χ1v) is 32.7. The van der Waals surface area contributed by atoms with Crippen molar-refractivity contribution in [2.45, 2.75) is 322 Å². The lowest BCUT2D eigenvalue weighted by atomic mass is 10.1. The molecule has 0 bridgehead atoms. The molecule has 442 valence electrons. The van der Waals surface area contributed by atoms with Gasteiger partial charge in [0.15, 0.2) is 6.10 Å². The SMILES string of the molecule is CC/C=C\C/C=C\C/C=C\C/C=C\C/C=C\C/C=C\CCCCCCCCC(=O)OCC(COC(=O)CCCCCCC/C=C\CCCCCCCCC)OC(=O)CCCCCCCCC/C=C\CCCCCCCCC. The second-order valence-corrected chi connectivity index (χ2v) is 21.6. The topological polar surface area (TPSA) is 78.9 Å². The lowest BCUT2D eigenvalue weighted by Gasteiger charge is -2.18. The number of unbranched alkanes of at least 4 members (excludes halogenated alkanes) is 32. The van der Waals surface area contributed by atoms with Gasteiger partial charge in [-0.2, -0.15) is 0 Å². The van der Waals surface area contributed by atoms with Crippen LogP contribution in [0.2, 0.25) is 0 Å². The van der Waals surface area contributed by atoms with Gasteiger partial charge in [0.1, 0.15) is 13.2 Å². The first-order valence-electron chi connectivity index (χ1n) is 32.7. The second-order valence-electron chi connectivity index (χ2n) is 21.6. The standard InChI is InChI=1S/C71H122O6/c1-4-7-10-13-16-19-22-25-28-31-33-34-35-36-37-38-39-41-43-46-49-52-55-58-61-64-70(73)76-67-68(66-75-69(72)63-60-57-54-51-48-45-42-30-27-24-21-18-15-12-9-6-3)77-71(74)65-62-59-56-53-50-47-44-40-32-29-26-23-20-17-14-11-8-5-2/h7,10,16,19,25,28-30,32-34,36-37,39,41-42,68H,4-6,8-9,11-15,17-18,20-24,26-27,31,35,38,40,43-67H2,1-3H3/b10-7-,19-16-,28-25-,32-29-,34-33-,37-36-,41-39-,42-30-. The summed E-state index contributed by atoms with van der Waals surface area (Å²) in [5.74, 6) is -0.903. The second kappa shape index (κ2) is 64.9. The van der Waals surface area contributed by atoms with Crippen molar-refractivity contribution >= 4 is 17.9 Å². The maximum absolute atomic E-state index is 12.9. The van der Waals surface area contributed by atoms with Gasteiger partial charge in [-0.15, -0.1) is 0 Å². The Balaban J connectivity index is 4.41. The van der Waals surface area contributed by atoms with Crippen molar-refractivity contribution < 1.29 is 28.6 Å². The summed E-state index contributed by atoms with van der Waals surface area (Å²) < 4.78 is 16.9. The third kappa shape index (κ3) is 63.0. The molecule has 0 aromatic heterocycles. The van der Waals surface area contributed by atoms with Crippen molar-refractivity contribution in [3.05, 3.63) is 97.2 Å². The maximum Gasteiger partial charge on any atom is 0.306 e. The van der Waals surface area contributed by atoms with Gasteiger partial charge < -0.3 is 14.2 Å². The molecule has 0 aliphatic rings. The molecule has 0 aliphatic carbocycles. The van der Waals surface area contributed by atoms with E-state index in [0.29, 0.717) is 19.3 Å². The molecule has 1 unspecified atom stereocenters. The highest BCUT2D eigenvalue weighted by molar-refractivity contribution is 5.71. The van der Waals surface area contributed by atoms with Crippen molar-refractivity contribution in [1.82, 2.24) is 0 Å². The van der Waals surface area contributed by atoms with Crippen molar-refractivity contribution in [2.75, 3.05) is 13.2 Å². The summed E-state index contributed by atoms with van der Waals surface area (Å²) in [6.07, 6.45) is 86.9. The molecule has 6 heteroatoms. The number of ether oxygens (including phenoxy) is 3. The average Bonchev–Trinajstić information content (AvgIpc) is 3.43. The molecule has 0 aromatic rings. The molecule has 0 N–H and O–H groups in total. The van der Waals surface area contributed by atoms with Gasteiger partial charge in [-0.05, 0) is 122 Å². The zero-order valence-corrected chi connectivity index (χ0v) is 50.7. The van der Waals surface area contributed by atoms with Gasteiger partial charge in [0.05, 0.1) is 0 Å². The van der Waals surface area contributed by atoms with Gasteiger partial charge in [-0.3, -0.25) is 14.4 Å². The number of hydrogen-bond acceptors (Lipinski definition) is 6. The predicted molar refractivity (Wildman–Crippen MR) is 334 cm³/mol. The molecule has 0 heterocycles. The van der Waals surface area contributed by atoms with E-state index in [1.54, 1.807) is 0 Å². The van der Waals surface area contributed by atoms with Crippen LogP contribution >= 0.6 is 0 Å². The van der Waals surface area contributed by atoms with E-state index in [9.17, 15) is 14.4 Å². The Labute approximate surface area is 477 Å². The van der Waals surface area contributed by atoms with Gasteiger partial charge in [0, 0.05) is 19.3 Å². The van der Waals surface area contributed by atoms with Crippen LogP contribution in [0.5, 0.6) is 0 Å². The Morgan fingerprint density at radius 2 is 0.506 bits per heavy atom. The smallest absolute Gasteiger partial charge is 0.306 e. The number of hydrogen-bond donors (Lipinski definition) is 0. The fourth-order valence-electron chi connectivity index (χ4n) is 9.14. The summed E-state index contributed by atoms with van der Waals surface area (Å²) >= 11 is 0. The monoisotopic (exact) mass is 1070 g/mol. The number of carbonyl (C=O) groups excluding carboxylic acids is 3. The maximum atomic E-state index is 12.9. The minimum absolute atomic E-state index is 0.0874. The molecule has 0 saturated heterocycles. The van der Waals surface area contributed by atoms with Crippen molar-refractivity contribution in [2.24, 2.45) is 0 Å². The number of allylic oxidation sites excluding steroid dienone is 16. The summed E-state index contributed by atoms with van der Waals surface area (Å²) in [5.41, 5.74) is 0. The van der Waals surface area contributed by atoms with Gasteiger partial charge in [-0.25, -0.2) is 0 Å². The molecule has 0 rings (SSSR count). The molecule has 0 saturated carbocycles. The van der Waals surface area contributed by atoms with E-state index in [4.69, 9.17) is 14.2 Å². The molecule has 0 radical (unpaired) electrons. The minimum Gasteiger partial charge on any atom is -0.462 e. The van der Waals surface area contributed by atoms with E-state index < -0.39 is 6.10 Å². The number of rotatable bonds is 59. The third-order valence-corrected chi connectivity index (χ3v) is 14.0. The van der Waals surface area contributed by atoms with Crippen molar-refractivity contribution in [3.8, 4) is 0 Å². The lowest BCUT2D eigenvalue weighted by Crippen LogP contribution is -2.30. The summed E-state index contributed by atoms with van der Waals surface area (Å²) in [6, 6.07) is 0. The first-order chi connectivity index (χ1) is 38.0. The molecule has 77 heavy (non-hydrogen) atoms. The van der Waals surface area contributed by atoms with E-state index in [1.807, 2.05) is 0 Å². The predicted octanol–water partition coefficient (Wildman–Crippen LogP) is 22.4. The summed E-state index contributed by atoms with van der Waals surface area (Å²) in [7, 11) is 0. The average molecular weight is 1070 g/mol. The van der Waals surface area contributed by atoms with Crippen LogP contribution in [0.4, 0.5) is 0 Å². The Morgan fingerprint density at radius 1 is 0.273 bits per heavy atom. The zero-order chi connectivity index (χ0) is 55.7. The van der Waals surface area contributed by atoms with E-state index in [-0.39, 0.29) is 31.1 Å². The summed E-state index contributed by atoms with van der Waals surface area (Å²) in [4.78, 5) is 38.4. The van der Waals surface area contributed by atoms with Crippen LogP contribution in [-0.4, -0.2) is 37.2 Å². The van der Waals surface area contributed by atoms with Crippen LogP contribution in [-0.2, 0) is 28.6 Å². The van der Waals surface area contributed by atoms with Crippen LogP contribution in [0.15, 0.2) is 97.2 Å². The summed E-state index contributed by atoms with van der Waals surface area (Å²) in [5, 5.41) is 0. The van der Waals surface area contributed by atoms with E-state index in [0.717, 1.165) is 116 Å². The van der Waals surface area contributed by atoms with Gasteiger partial charge in [0.25, 0.3) is 0 Å². The van der Waals surface area contributed by atoms with E-state index in [2.05, 4.69) is 118 Å². The Kier molecular flexibility index (Phi) is 61.8. The minimum atomic E-state index is -0.792. The Bertz CT molecular complexity index is 1510. The molecule has 0 aliphatic heterocycles. The molecule has 6 nitrogen and oxygen atoms in total. The van der Waals surface area contributed by atoms with E-state index >= 15 is 0 Å². The van der Waals surface area contributed by atoms with Crippen LogP contribution in [0.3, 0.4) is 0 Å². The van der Waals surface area contributed by atoms with Crippen molar-refractivity contribution in [3.63, 3.8) is 0 Å². The third-order valence-electron chi connectivity index (χ3n) is 14.0. The lowest BCUT2D eigenvalue weighted by molar-refractivity contribution is -0.167. The highest BCUT2D eigenvalue weighted by Gasteiger charge is 2.19. The normalized spacial score (nSPS) is 12.7. The molecule has 0 spiro atoms. The van der Waals surface area contributed by atoms with Gasteiger partial charge in [0.2, 0.25) is 0 Å². The van der Waals surface area contributed by atoms with Crippen LogP contribution < -0.4 is 0 Å². The molecule has 1 atom stereocenters. The molecule has 0 fully saturated rings. The van der Waals surface area contributed by atoms with Gasteiger partial charge in [-0.1, -0.05) is 272 Å². The molecule has 0 aromatic carbocycles. The molecular formula is C71H122O6. The fourth-order valence-corrected chi connectivity index (χ4v) is 9.14. The molecular weight excluding hydrogens is 949 g/mol.